The number of amides is 1. The minimum Gasteiger partial charge on any atom is -0.484 e. The van der Waals surface area contributed by atoms with E-state index in [-0.39, 0.29) is 12.5 Å². The number of aliphatic hydroxyl groups excluding tert-OH is 1. The summed E-state index contributed by atoms with van der Waals surface area (Å²) < 4.78 is 5.65. The third kappa shape index (κ3) is 3.89. The fourth-order valence-electron chi connectivity index (χ4n) is 3.39. The summed E-state index contributed by atoms with van der Waals surface area (Å²) in [6.45, 7) is 5.13. The molecule has 5 nitrogen and oxygen atoms in total. The van der Waals surface area contributed by atoms with Crippen molar-refractivity contribution in [1.29, 1.82) is 0 Å². The van der Waals surface area contributed by atoms with Gasteiger partial charge in [-0.25, -0.2) is 0 Å². The number of β-amino-alcohol motifs (C(OH)–C–C–N with tert-alkyl or cyclic N) is 1. The Bertz CT molecular complexity index is 763. The summed E-state index contributed by atoms with van der Waals surface area (Å²) >= 11 is 0. The van der Waals surface area contributed by atoms with Crippen molar-refractivity contribution in [3.8, 4) is 5.75 Å². The first-order valence-corrected chi connectivity index (χ1v) is 8.96. The fraction of sp³-hybridized carbons (Fsp3) is 0.381. The maximum Gasteiger partial charge on any atom is 0.258 e. The highest BCUT2D eigenvalue weighted by Gasteiger charge is 2.42. The summed E-state index contributed by atoms with van der Waals surface area (Å²) in [4.78, 5) is 12.6. The molecule has 1 aliphatic rings. The molecule has 2 aromatic rings. The minimum absolute atomic E-state index is 0.0861. The van der Waals surface area contributed by atoms with E-state index in [0.717, 1.165) is 17.7 Å². The van der Waals surface area contributed by atoms with Gasteiger partial charge in [0.2, 0.25) is 0 Å². The molecule has 0 saturated carbocycles. The molecule has 1 saturated heterocycles. The number of ether oxygens (including phenoxy) is 1. The maximum absolute atomic E-state index is 12.6. The van der Waals surface area contributed by atoms with Crippen molar-refractivity contribution in [1.82, 2.24) is 10.6 Å². The van der Waals surface area contributed by atoms with Crippen molar-refractivity contribution >= 4 is 5.91 Å². The van der Waals surface area contributed by atoms with Crippen LogP contribution >= 0.6 is 0 Å². The van der Waals surface area contributed by atoms with Gasteiger partial charge in [-0.15, -0.1) is 0 Å². The standard InChI is InChI=1S/C21H26N2O3/c1-15-8-9-18(12-16(15)2)26-14-20(25)23-21(10-11-22-13-19(21)24)17-6-4-3-5-7-17/h3-9,12,19,22,24H,10-11,13-14H2,1-2H3,(H,23,25)/t19-,21-/m1/s1. The molecule has 1 fully saturated rings. The fourth-order valence-corrected chi connectivity index (χ4v) is 3.39. The van der Waals surface area contributed by atoms with E-state index in [2.05, 4.69) is 10.6 Å². The summed E-state index contributed by atoms with van der Waals surface area (Å²) in [7, 11) is 0. The molecule has 2 atom stereocenters. The Morgan fingerprint density at radius 1 is 1.23 bits per heavy atom. The number of carbonyl (C=O) groups is 1. The number of benzene rings is 2. The molecule has 0 aromatic heterocycles. The zero-order valence-electron chi connectivity index (χ0n) is 15.3. The first-order chi connectivity index (χ1) is 12.5. The average Bonchev–Trinajstić information content (AvgIpc) is 2.65. The molecule has 26 heavy (non-hydrogen) atoms. The van der Waals surface area contributed by atoms with Crippen LogP contribution in [0.3, 0.4) is 0 Å². The number of aliphatic hydroxyl groups is 1. The molecular weight excluding hydrogens is 328 g/mol. The lowest BCUT2D eigenvalue weighted by atomic mass is 9.79. The molecular formula is C21H26N2O3. The maximum atomic E-state index is 12.6. The van der Waals surface area contributed by atoms with Gasteiger partial charge < -0.3 is 20.5 Å². The highest BCUT2D eigenvalue weighted by Crippen LogP contribution is 2.31. The molecule has 138 valence electrons. The van der Waals surface area contributed by atoms with E-state index >= 15 is 0 Å². The number of hydrogen-bond donors (Lipinski definition) is 3. The third-order valence-electron chi connectivity index (χ3n) is 5.10. The van der Waals surface area contributed by atoms with Crippen LogP contribution in [0.1, 0.15) is 23.1 Å². The Balaban J connectivity index is 1.72. The van der Waals surface area contributed by atoms with Gasteiger partial charge in [0.1, 0.15) is 5.75 Å². The first kappa shape index (κ1) is 18.4. The molecule has 3 N–H and O–H groups in total. The first-order valence-electron chi connectivity index (χ1n) is 8.96. The molecule has 3 rings (SSSR count). The van der Waals surface area contributed by atoms with Crippen LogP contribution in [0.4, 0.5) is 0 Å². The van der Waals surface area contributed by atoms with E-state index in [1.54, 1.807) is 0 Å². The predicted octanol–water partition coefficient (Wildman–Crippen LogP) is 2.05. The largest absolute Gasteiger partial charge is 0.484 e. The van der Waals surface area contributed by atoms with E-state index in [0.29, 0.717) is 18.7 Å². The highest BCUT2D eigenvalue weighted by atomic mass is 16.5. The van der Waals surface area contributed by atoms with Crippen LogP contribution in [0.15, 0.2) is 48.5 Å². The summed E-state index contributed by atoms with van der Waals surface area (Å²) in [5.74, 6) is 0.427. The van der Waals surface area contributed by atoms with E-state index in [4.69, 9.17) is 4.74 Å². The normalized spacial score (nSPS) is 22.7. The van der Waals surface area contributed by atoms with Crippen LogP contribution in [0.5, 0.6) is 5.75 Å². The molecule has 2 aromatic carbocycles. The van der Waals surface area contributed by atoms with Crippen LogP contribution in [-0.2, 0) is 10.3 Å². The molecule has 0 radical (unpaired) electrons. The average molecular weight is 354 g/mol. The smallest absolute Gasteiger partial charge is 0.258 e. The molecule has 5 heteroatoms. The number of piperidine rings is 1. The summed E-state index contributed by atoms with van der Waals surface area (Å²) in [6, 6.07) is 15.4. The monoisotopic (exact) mass is 354 g/mol. The highest BCUT2D eigenvalue weighted by molar-refractivity contribution is 5.78. The molecule has 1 amide bonds. The second-order valence-electron chi connectivity index (χ2n) is 6.89. The van der Waals surface area contributed by atoms with E-state index in [9.17, 15) is 9.90 Å². The summed E-state index contributed by atoms with van der Waals surface area (Å²) in [5.41, 5.74) is 2.42. The quantitative estimate of drug-likeness (QED) is 0.769. The van der Waals surface area contributed by atoms with Crippen molar-refractivity contribution in [3.63, 3.8) is 0 Å². The van der Waals surface area contributed by atoms with Crippen molar-refractivity contribution in [3.05, 3.63) is 65.2 Å². The summed E-state index contributed by atoms with van der Waals surface area (Å²) in [6.07, 6.45) is -0.0858. The molecule has 0 bridgehead atoms. The Hall–Kier alpha value is -2.37. The van der Waals surface area contributed by atoms with Gasteiger partial charge in [-0.2, -0.15) is 0 Å². The van der Waals surface area contributed by atoms with Gasteiger partial charge in [-0.1, -0.05) is 36.4 Å². The molecule has 1 heterocycles. The zero-order valence-corrected chi connectivity index (χ0v) is 15.3. The second-order valence-corrected chi connectivity index (χ2v) is 6.89. The van der Waals surface area contributed by atoms with Gasteiger partial charge >= 0.3 is 0 Å². The molecule has 1 aliphatic heterocycles. The molecule has 0 unspecified atom stereocenters. The Kier molecular flexibility index (Phi) is 5.59. The van der Waals surface area contributed by atoms with Gasteiger partial charge in [0.15, 0.2) is 6.61 Å². The number of nitrogens with one attached hydrogen (secondary N) is 2. The molecule has 0 aliphatic carbocycles. The lowest BCUT2D eigenvalue weighted by Crippen LogP contribution is -2.61. The lowest BCUT2D eigenvalue weighted by molar-refractivity contribution is -0.127. The lowest BCUT2D eigenvalue weighted by Gasteiger charge is -2.42. The van der Waals surface area contributed by atoms with E-state index < -0.39 is 11.6 Å². The second kappa shape index (κ2) is 7.89. The Labute approximate surface area is 154 Å². The van der Waals surface area contributed by atoms with Crippen molar-refractivity contribution < 1.29 is 14.6 Å². The van der Waals surface area contributed by atoms with Gasteiger partial charge in [-0.05, 0) is 55.6 Å². The van der Waals surface area contributed by atoms with Crippen LogP contribution in [-0.4, -0.2) is 36.8 Å². The van der Waals surface area contributed by atoms with Gasteiger partial charge in [0, 0.05) is 6.54 Å². The predicted molar refractivity (Wildman–Crippen MR) is 101 cm³/mol. The van der Waals surface area contributed by atoms with Gasteiger partial charge in [0.05, 0.1) is 11.6 Å². The van der Waals surface area contributed by atoms with Crippen LogP contribution in [0.25, 0.3) is 0 Å². The van der Waals surface area contributed by atoms with Crippen LogP contribution in [0.2, 0.25) is 0 Å². The van der Waals surface area contributed by atoms with Gasteiger partial charge in [0.25, 0.3) is 5.91 Å². The van der Waals surface area contributed by atoms with E-state index in [1.807, 2.05) is 62.4 Å². The Morgan fingerprint density at radius 3 is 2.69 bits per heavy atom. The number of carbonyl (C=O) groups excluding carboxylic acids is 1. The Morgan fingerprint density at radius 2 is 2.00 bits per heavy atom. The van der Waals surface area contributed by atoms with E-state index in [1.165, 1.54) is 5.56 Å². The topological polar surface area (TPSA) is 70.6 Å². The molecule has 0 spiro atoms. The van der Waals surface area contributed by atoms with Crippen LogP contribution < -0.4 is 15.4 Å². The number of rotatable bonds is 5. The summed E-state index contributed by atoms with van der Waals surface area (Å²) in [5, 5.41) is 16.9. The van der Waals surface area contributed by atoms with Crippen molar-refractivity contribution in [2.75, 3.05) is 19.7 Å². The minimum atomic E-state index is -0.795. The van der Waals surface area contributed by atoms with Gasteiger partial charge in [-0.3, -0.25) is 4.79 Å². The number of hydrogen-bond acceptors (Lipinski definition) is 4. The third-order valence-corrected chi connectivity index (χ3v) is 5.10. The van der Waals surface area contributed by atoms with Crippen LogP contribution in [0, 0.1) is 13.8 Å². The number of aryl methyl sites for hydroxylation is 2. The van der Waals surface area contributed by atoms with Crippen molar-refractivity contribution in [2.24, 2.45) is 0 Å². The SMILES string of the molecule is Cc1ccc(OCC(=O)N[C@@]2(c3ccccc3)CCNC[C@H]2O)cc1C. The zero-order chi connectivity index (χ0) is 18.6. The van der Waals surface area contributed by atoms with Crippen molar-refractivity contribution in [2.45, 2.75) is 31.9 Å².